The second-order valence-electron chi connectivity index (χ2n) is 5.85. The maximum Gasteiger partial charge on any atom is 0.0931 e. The van der Waals surface area contributed by atoms with Crippen LogP contribution in [-0.4, -0.2) is 56.1 Å². The number of hydrogen-bond donors (Lipinski definition) is 1. The molecule has 2 heterocycles. The SMILES string of the molecule is C[C@H](NCCN1CCC(N(C)C)CC1)c1ccc(Cl)s1. The summed E-state index contributed by atoms with van der Waals surface area (Å²) in [6, 6.07) is 5.26. The Morgan fingerprint density at radius 3 is 2.65 bits per heavy atom. The van der Waals surface area contributed by atoms with Gasteiger partial charge in [-0.05, 0) is 59.1 Å². The summed E-state index contributed by atoms with van der Waals surface area (Å²) in [5, 5.41) is 3.59. The van der Waals surface area contributed by atoms with Gasteiger partial charge in [-0.25, -0.2) is 0 Å². The fourth-order valence-electron chi connectivity index (χ4n) is 2.76. The van der Waals surface area contributed by atoms with Gasteiger partial charge in [-0.1, -0.05) is 11.6 Å². The van der Waals surface area contributed by atoms with E-state index in [4.69, 9.17) is 11.6 Å². The highest BCUT2D eigenvalue weighted by Crippen LogP contribution is 2.26. The molecule has 1 N–H and O–H groups in total. The lowest BCUT2D eigenvalue weighted by Gasteiger charge is -2.35. The van der Waals surface area contributed by atoms with E-state index in [0.29, 0.717) is 6.04 Å². The first kappa shape index (κ1) is 16.2. The van der Waals surface area contributed by atoms with Crippen LogP contribution in [0.15, 0.2) is 12.1 Å². The van der Waals surface area contributed by atoms with Crippen molar-refractivity contribution in [2.24, 2.45) is 0 Å². The monoisotopic (exact) mass is 315 g/mol. The van der Waals surface area contributed by atoms with E-state index in [2.05, 4.69) is 42.2 Å². The van der Waals surface area contributed by atoms with Gasteiger partial charge in [0.05, 0.1) is 4.34 Å². The molecule has 0 aromatic carbocycles. The van der Waals surface area contributed by atoms with Crippen molar-refractivity contribution in [1.82, 2.24) is 15.1 Å². The van der Waals surface area contributed by atoms with Crippen molar-refractivity contribution in [2.45, 2.75) is 31.8 Å². The Kier molecular flexibility index (Phi) is 6.30. The number of thiophene rings is 1. The Bertz CT molecular complexity index is 400. The van der Waals surface area contributed by atoms with Crippen LogP contribution in [0.5, 0.6) is 0 Å². The van der Waals surface area contributed by atoms with Crippen molar-refractivity contribution in [3.8, 4) is 0 Å². The normalized spacial score (nSPS) is 19.6. The Morgan fingerprint density at radius 2 is 2.10 bits per heavy atom. The van der Waals surface area contributed by atoms with Crippen LogP contribution in [0.2, 0.25) is 4.34 Å². The van der Waals surface area contributed by atoms with Crippen LogP contribution in [-0.2, 0) is 0 Å². The largest absolute Gasteiger partial charge is 0.308 e. The number of rotatable bonds is 6. The fourth-order valence-corrected chi connectivity index (χ4v) is 3.85. The van der Waals surface area contributed by atoms with E-state index < -0.39 is 0 Å². The average molecular weight is 316 g/mol. The minimum absolute atomic E-state index is 0.395. The molecule has 20 heavy (non-hydrogen) atoms. The van der Waals surface area contributed by atoms with Gasteiger partial charge in [0.15, 0.2) is 0 Å². The second-order valence-corrected chi connectivity index (χ2v) is 7.60. The zero-order valence-corrected chi connectivity index (χ0v) is 14.3. The van der Waals surface area contributed by atoms with Crippen molar-refractivity contribution < 1.29 is 0 Å². The van der Waals surface area contributed by atoms with E-state index in [0.717, 1.165) is 23.5 Å². The first-order valence-corrected chi connectivity index (χ1v) is 8.63. The molecule has 1 fully saturated rings. The maximum atomic E-state index is 5.98. The number of nitrogens with zero attached hydrogens (tertiary/aromatic N) is 2. The fraction of sp³-hybridized carbons (Fsp3) is 0.733. The molecule has 1 aliphatic heterocycles. The number of piperidine rings is 1. The summed E-state index contributed by atoms with van der Waals surface area (Å²) >= 11 is 7.65. The smallest absolute Gasteiger partial charge is 0.0931 e. The van der Waals surface area contributed by atoms with Gasteiger partial charge in [-0.2, -0.15) is 0 Å². The minimum atomic E-state index is 0.395. The molecule has 1 saturated heterocycles. The quantitative estimate of drug-likeness (QED) is 0.870. The van der Waals surface area contributed by atoms with E-state index in [1.54, 1.807) is 11.3 Å². The predicted octanol–water partition coefficient (Wildman–Crippen LogP) is 3.08. The van der Waals surface area contributed by atoms with E-state index >= 15 is 0 Å². The van der Waals surface area contributed by atoms with Gasteiger partial charge in [-0.3, -0.25) is 0 Å². The highest BCUT2D eigenvalue weighted by atomic mass is 35.5. The van der Waals surface area contributed by atoms with Crippen LogP contribution >= 0.6 is 22.9 Å². The molecule has 0 bridgehead atoms. The van der Waals surface area contributed by atoms with Crippen LogP contribution in [0.25, 0.3) is 0 Å². The van der Waals surface area contributed by atoms with Crippen LogP contribution < -0.4 is 5.32 Å². The van der Waals surface area contributed by atoms with Crippen molar-refractivity contribution in [3.63, 3.8) is 0 Å². The lowest BCUT2D eigenvalue weighted by Crippen LogP contribution is -2.44. The Balaban J connectivity index is 1.64. The summed E-state index contributed by atoms with van der Waals surface area (Å²) in [6.07, 6.45) is 2.59. The third-order valence-electron chi connectivity index (χ3n) is 4.19. The van der Waals surface area contributed by atoms with Crippen molar-refractivity contribution in [2.75, 3.05) is 40.3 Å². The molecule has 2 rings (SSSR count). The van der Waals surface area contributed by atoms with E-state index in [9.17, 15) is 0 Å². The van der Waals surface area contributed by atoms with E-state index in [1.165, 1.54) is 30.8 Å². The number of nitrogens with one attached hydrogen (secondary N) is 1. The molecule has 5 heteroatoms. The zero-order valence-electron chi connectivity index (χ0n) is 12.7. The van der Waals surface area contributed by atoms with Gasteiger partial charge < -0.3 is 15.1 Å². The van der Waals surface area contributed by atoms with Gasteiger partial charge in [0.2, 0.25) is 0 Å². The van der Waals surface area contributed by atoms with Gasteiger partial charge >= 0.3 is 0 Å². The molecule has 0 aliphatic carbocycles. The number of halogens is 1. The van der Waals surface area contributed by atoms with Crippen LogP contribution in [0, 0.1) is 0 Å². The molecule has 3 nitrogen and oxygen atoms in total. The minimum Gasteiger partial charge on any atom is -0.308 e. The molecule has 0 spiro atoms. The first-order chi connectivity index (χ1) is 9.56. The summed E-state index contributed by atoms with van der Waals surface area (Å²) < 4.78 is 0.874. The van der Waals surface area contributed by atoms with Gasteiger partial charge in [0.1, 0.15) is 0 Å². The maximum absolute atomic E-state index is 5.98. The van der Waals surface area contributed by atoms with E-state index in [-0.39, 0.29) is 0 Å². The molecule has 1 aromatic heterocycles. The van der Waals surface area contributed by atoms with Gasteiger partial charge in [0, 0.05) is 30.1 Å². The van der Waals surface area contributed by atoms with Crippen LogP contribution in [0.4, 0.5) is 0 Å². The molecule has 0 saturated carbocycles. The van der Waals surface area contributed by atoms with Crippen molar-refractivity contribution in [1.29, 1.82) is 0 Å². The summed E-state index contributed by atoms with van der Waals surface area (Å²) in [5.74, 6) is 0. The molecule has 114 valence electrons. The first-order valence-electron chi connectivity index (χ1n) is 7.43. The average Bonchev–Trinajstić information content (AvgIpc) is 2.86. The highest BCUT2D eigenvalue weighted by molar-refractivity contribution is 7.16. The number of hydrogen-bond acceptors (Lipinski definition) is 4. The third-order valence-corrected chi connectivity index (χ3v) is 5.60. The van der Waals surface area contributed by atoms with Gasteiger partial charge in [-0.15, -0.1) is 11.3 Å². The summed E-state index contributed by atoms with van der Waals surface area (Å²) in [6.45, 7) is 6.85. The molecular formula is C15H26ClN3S. The van der Waals surface area contributed by atoms with Crippen molar-refractivity contribution in [3.05, 3.63) is 21.3 Å². The Labute approximate surface area is 131 Å². The van der Waals surface area contributed by atoms with Crippen molar-refractivity contribution >= 4 is 22.9 Å². The predicted molar refractivity (Wildman–Crippen MR) is 88.9 cm³/mol. The Morgan fingerprint density at radius 1 is 1.40 bits per heavy atom. The molecule has 1 atom stereocenters. The summed E-state index contributed by atoms with van der Waals surface area (Å²) in [4.78, 5) is 6.25. The molecule has 0 amide bonds. The lowest BCUT2D eigenvalue weighted by molar-refractivity contribution is 0.145. The van der Waals surface area contributed by atoms with E-state index in [1.807, 2.05) is 6.07 Å². The molecule has 0 radical (unpaired) electrons. The highest BCUT2D eigenvalue weighted by Gasteiger charge is 2.20. The van der Waals surface area contributed by atoms with Gasteiger partial charge in [0.25, 0.3) is 0 Å². The summed E-state index contributed by atoms with van der Waals surface area (Å²) in [7, 11) is 4.38. The molecule has 0 unspecified atom stereocenters. The summed E-state index contributed by atoms with van der Waals surface area (Å²) in [5.41, 5.74) is 0. The molecule has 1 aromatic rings. The third kappa shape index (κ3) is 4.71. The molecular weight excluding hydrogens is 290 g/mol. The molecule has 1 aliphatic rings. The van der Waals surface area contributed by atoms with Crippen LogP contribution in [0.3, 0.4) is 0 Å². The standard InChI is InChI=1S/C15H26ClN3S/c1-12(14-4-5-15(16)20-14)17-8-11-19-9-6-13(7-10-19)18(2)3/h4-5,12-13,17H,6-11H2,1-3H3/t12-/m0/s1. The lowest BCUT2D eigenvalue weighted by atomic mass is 10.0. The zero-order chi connectivity index (χ0) is 14.5. The number of likely N-dealkylation sites (tertiary alicyclic amines) is 1. The van der Waals surface area contributed by atoms with Crippen LogP contribution in [0.1, 0.15) is 30.7 Å². The second kappa shape index (κ2) is 7.76. The topological polar surface area (TPSA) is 18.5 Å². The Hall–Kier alpha value is -0.130.